The molecule has 0 amide bonds. The number of benzene rings is 2. The van der Waals surface area contributed by atoms with Gasteiger partial charge < -0.3 is 13.8 Å². The van der Waals surface area contributed by atoms with Gasteiger partial charge >= 0.3 is 8.60 Å². The number of hydrogen-bond acceptors (Lipinski definition) is 4. The molecule has 2 aromatic rings. The molecule has 4 nitrogen and oxygen atoms in total. The first kappa shape index (κ1) is 31.6. The van der Waals surface area contributed by atoms with Crippen LogP contribution in [0.15, 0.2) is 60.7 Å². The summed E-state index contributed by atoms with van der Waals surface area (Å²) in [4.78, 5) is 0. The largest absolute Gasteiger partial charge is 0.465 e. The summed E-state index contributed by atoms with van der Waals surface area (Å²) in [7, 11) is -1.65. The summed E-state index contributed by atoms with van der Waals surface area (Å²) in [5, 5.41) is 0. The van der Waals surface area contributed by atoms with Crippen molar-refractivity contribution in [2.45, 2.75) is 123 Å². The van der Waals surface area contributed by atoms with E-state index in [0.717, 1.165) is 37.4 Å². The summed E-state index contributed by atoms with van der Waals surface area (Å²) in [5.41, 5.74) is 0. The molecule has 1 unspecified atom stereocenters. The molecule has 0 saturated heterocycles. The molecule has 0 aliphatic rings. The van der Waals surface area contributed by atoms with Gasteiger partial charge in [0.2, 0.25) is 0 Å². The van der Waals surface area contributed by atoms with Gasteiger partial charge in [-0.05, 0) is 43.5 Å². The Morgan fingerprint density at radius 2 is 0.973 bits per heavy atom. The van der Waals surface area contributed by atoms with Gasteiger partial charge in [-0.2, -0.15) is 0 Å². The van der Waals surface area contributed by atoms with Gasteiger partial charge in [0.25, 0.3) is 0 Å². The van der Waals surface area contributed by atoms with Crippen LogP contribution in [0.3, 0.4) is 0 Å². The second-order valence-electron chi connectivity index (χ2n) is 9.82. The SMILES string of the molecule is CCCCCCCCCCOC(CCCCCCCCC)OP(Oc1ccccc1)Oc1ccccc1. The van der Waals surface area contributed by atoms with Crippen molar-refractivity contribution in [1.82, 2.24) is 0 Å². The van der Waals surface area contributed by atoms with E-state index in [-0.39, 0.29) is 6.29 Å². The first-order valence-corrected chi connectivity index (χ1v) is 16.0. The molecule has 0 saturated carbocycles. The van der Waals surface area contributed by atoms with E-state index in [0.29, 0.717) is 0 Å². The smallest absolute Gasteiger partial charge is 0.418 e. The van der Waals surface area contributed by atoms with Gasteiger partial charge in [-0.25, -0.2) is 0 Å². The number of hydrogen-bond donors (Lipinski definition) is 0. The molecule has 0 heterocycles. The summed E-state index contributed by atoms with van der Waals surface area (Å²) < 4.78 is 25.0. The van der Waals surface area contributed by atoms with Crippen molar-refractivity contribution < 1.29 is 18.3 Å². The minimum absolute atomic E-state index is 0.321. The van der Waals surface area contributed by atoms with Crippen LogP contribution in [0.2, 0.25) is 0 Å². The maximum absolute atomic E-state index is 6.37. The quantitative estimate of drug-likeness (QED) is 0.0768. The predicted molar refractivity (Wildman–Crippen MR) is 157 cm³/mol. The molecule has 0 spiro atoms. The second-order valence-corrected chi connectivity index (χ2v) is 10.8. The third-order valence-corrected chi connectivity index (χ3v) is 7.52. The Morgan fingerprint density at radius 1 is 0.541 bits per heavy atom. The molecule has 0 N–H and O–H groups in total. The van der Waals surface area contributed by atoms with Crippen LogP contribution in [0, 0.1) is 0 Å². The lowest BCUT2D eigenvalue weighted by Crippen LogP contribution is -2.18. The van der Waals surface area contributed by atoms with Crippen molar-refractivity contribution in [3.8, 4) is 11.5 Å². The number of ether oxygens (including phenoxy) is 1. The van der Waals surface area contributed by atoms with Crippen molar-refractivity contribution in [2.75, 3.05) is 6.61 Å². The molecule has 2 rings (SSSR count). The van der Waals surface area contributed by atoms with E-state index >= 15 is 0 Å². The third-order valence-electron chi connectivity index (χ3n) is 6.39. The monoisotopic (exact) mass is 530 g/mol. The van der Waals surface area contributed by atoms with Gasteiger partial charge in [0.1, 0.15) is 11.5 Å². The lowest BCUT2D eigenvalue weighted by Gasteiger charge is -2.24. The van der Waals surface area contributed by atoms with Crippen LogP contribution in [-0.4, -0.2) is 12.9 Å². The number of rotatable bonds is 24. The van der Waals surface area contributed by atoms with E-state index < -0.39 is 8.60 Å². The van der Waals surface area contributed by atoms with Crippen LogP contribution in [0.4, 0.5) is 0 Å². The molecule has 2 aromatic carbocycles. The highest BCUT2D eigenvalue weighted by Crippen LogP contribution is 2.43. The van der Waals surface area contributed by atoms with E-state index in [2.05, 4.69) is 13.8 Å². The normalized spacial score (nSPS) is 12.1. The van der Waals surface area contributed by atoms with Crippen LogP contribution in [0.25, 0.3) is 0 Å². The fraction of sp³-hybridized carbons (Fsp3) is 0.625. The Bertz CT molecular complexity index is 701. The maximum atomic E-state index is 6.37. The maximum Gasteiger partial charge on any atom is 0.465 e. The van der Waals surface area contributed by atoms with Gasteiger partial charge in [0, 0.05) is 6.61 Å². The molecular formula is C32H51O4P. The summed E-state index contributed by atoms with van der Waals surface area (Å²) in [6.07, 6.45) is 19.7. The molecule has 37 heavy (non-hydrogen) atoms. The molecule has 0 bridgehead atoms. The predicted octanol–water partition coefficient (Wildman–Crippen LogP) is 11.0. The van der Waals surface area contributed by atoms with E-state index in [1.54, 1.807) is 0 Å². The zero-order valence-corrected chi connectivity index (χ0v) is 24.3. The second kappa shape index (κ2) is 22.4. The molecule has 0 aromatic heterocycles. The van der Waals surface area contributed by atoms with Gasteiger partial charge in [0.15, 0.2) is 6.29 Å². The molecule has 5 heteroatoms. The average Bonchev–Trinajstić information content (AvgIpc) is 2.92. The Kier molecular flexibility index (Phi) is 19.1. The van der Waals surface area contributed by atoms with Crippen molar-refractivity contribution in [2.24, 2.45) is 0 Å². The van der Waals surface area contributed by atoms with Gasteiger partial charge in [-0.15, -0.1) is 0 Å². The molecule has 0 radical (unpaired) electrons. The molecule has 0 fully saturated rings. The van der Waals surface area contributed by atoms with E-state index in [9.17, 15) is 0 Å². The molecular weight excluding hydrogens is 479 g/mol. The highest BCUT2D eigenvalue weighted by Gasteiger charge is 2.24. The van der Waals surface area contributed by atoms with Crippen molar-refractivity contribution in [3.63, 3.8) is 0 Å². The fourth-order valence-electron chi connectivity index (χ4n) is 4.18. The third kappa shape index (κ3) is 16.8. The van der Waals surface area contributed by atoms with Crippen LogP contribution >= 0.6 is 8.60 Å². The summed E-state index contributed by atoms with van der Waals surface area (Å²) in [6, 6.07) is 19.5. The lowest BCUT2D eigenvalue weighted by molar-refractivity contribution is -0.0896. The fourth-order valence-corrected chi connectivity index (χ4v) is 5.25. The van der Waals surface area contributed by atoms with Gasteiger partial charge in [0.05, 0.1) is 0 Å². The minimum Gasteiger partial charge on any atom is -0.418 e. The Labute approximate surface area is 228 Å². The Hall–Kier alpha value is -1.61. The van der Waals surface area contributed by atoms with Crippen LogP contribution in [-0.2, 0) is 9.26 Å². The highest BCUT2D eigenvalue weighted by molar-refractivity contribution is 7.42. The van der Waals surface area contributed by atoms with Crippen LogP contribution in [0.1, 0.15) is 117 Å². The summed E-state index contributed by atoms with van der Waals surface area (Å²) in [6.45, 7) is 5.25. The standard InChI is InChI=1S/C32H51O4P/c1-3-5-7-9-11-13-15-23-29-33-32(28-22-14-12-10-8-6-4-2)36-37(34-30-24-18-16-19-25-30)35-31-26-20-17-21-27-31/h16-21,24-27,32H,3-15,22-23,28-29H2,1-2H3. The van der Waals surface area contributed by atoms with Crippen LogP contribution < -0.4 is 9.05 Å². The van der Waals surface area contributed by atoms with Gasteiger partial charge in [-0.1, -0.05) is 134 Å². The van der Waals surface area contributed by atoms with Crippen molar-refractivity contribution in [1.29, 1.82) is 0 Å². The number of unbranched alkanes of at least 4 members (excludes halogenated alkanes) is 13. The first-order chi connectivity index (χ1) is 18.3. The van der Waals surface area contributed by atoms with Crippen molar-refractivity contribution in [3.05, 3.63) is 60.7 Å². The molecule has 1 atom stereocenters. The zero-order chi connectivity index (χ0) is 26.2. The highest BCUT2D eigenvalue weighted by atomic mass is 31.2. The average molecular weight is 531 g/mol. The Balaban J connectivity index is 1.86. The summed E-state index contributed by atoms with van der Waals surface area (Å²) >= 11 is 0. The topological polar surface area (TPSA) is 36.9 Å². The van der Waals surface area contributed by atoms with E-state index in [1.165, 1.54) is 83.5 Å². The van der Waals surface area contributed by atoms with Crippen LogP contribution in [0.5, 0.6) is 11.5 Å². The van der Waals surface area contributed by atoms with E-state index in [1.807, 2.05) is 60.7 Å². The zero-order valence-electron chi connectivity index (χ0n) is 23.5. The Morgan fingerprint density at radius 3 is 1.46 bits per heavy atom. The number of para-hydroxylation sites is 2. The molecule has 0 aliphatic heterocycles. The molecule has 0 aliphatic carbocycles. The molecule has 208 valence electrons. The summed E-state index contributed by atoms with van der Waals surface area (Å²) in [5.74, 6) is 1.48. The first-order valence-electron chi connectivity index (χ1n) is 14.9. The van der Waals surface area contributed by atoms with Gasteiger partial charge in [-0.3, -0.25) is 4.52 Å². The minimum atomic E-state index is -1.65. The van der Waals surface area contributed by atoms with E-state index in [4.69, 9.17) is 18.3 Å². The van der Waals surface area contributed by atoms with Crippen molar-refractivity contribution >= 4 is 8.60 Å². The lowest BCUT2D eigenvalue weighted by atomic mass is 10.1.